The third kappa shape index (κ3) is 8.32. The van der Waals surface area contributed by atoms with Crippen LogP contribution < -0.4 is 14.2 Å². The van der Waals surface area contributed by atoms with Crippen LogP contribution in [0.3, 0.4) is 0 Å². The lowest BCUT2D eigenvalue weighted by Gasteiger charge is -2.34. The molecule has 2 aliphatic heterocycles. The van der Waals surface area contributed by atoms with Crippen LogP contribution in [0.1, 0.15) is 106 Å². The minimum Gasteiger partial charge on any atom is -0.494 e. The van der Waals surface area contributed by atoms with E-state index < -0.39 is 55.4 Å². The van der Waals surface area contributed by atoms with Gasteiger partial charge in [0.05, 0.1) is 29.9 Å². The number of hydrogen-bond acceptors (Lipinski definition) is 9. The Kier molecular flexibility index (Phi) is 11.3. The number of nitrogens with one attached hydrogen (secondary N) is 1. The molecule has 1 aromatic carbocycles. The smallest absolute Gasteiger partial charge is 0.240 e. The zero-order valence-electron chi connectivity index (χ0n) is 33.2. The fraction of sp³-hybridized carbons (Fsp3) is 0.643. The summed E-state index contributed by atoms with van der Waals surface area (Å²) < 4.78 is 54.2. The van der Waals surface area contributed by atoms with Gasteiger partial charge in [0, 0.05) is 42.2 Å². The highest BCUT2D eigenvalue weighted by Gasteiger charge is 2.62. The number of aromatic nitrogens is 1. The molecule has 0 bridgehead atoms. The molecule has 0 radical (unpaired) electrons. The van der Waals surface area contributed by atoms with E-state index in [1.165, 1.54) is 24.3 Å². The molecule has 1 saturated heterocycles. The Morgan fingerprint density at radius 2 is 1.87 bits per heavy atom. The highest BCUT2D eigenvalue weighted by Crippen LogP contribution is 2.58. The number of sulfonamides is 1. The summed E-state index contributed by atoms with van der Waals surface area (Å²) in [6.07, 6.45) is 8.72. The molecule has 11 nitrogen and oxygen atoms in total. The largest absolute Gasteiger partial charge is 0.494 e. The first-order valence-corrected chi connectivity index (χ1v) is 21.2. The van der Waals surface area contributed by atoms with Crippen molar-refractivity contribution in [3.05, 3.63) is 42.4 Å². The van der Waals surface area contributed by atoms with E-state index in [4.69, 9.17) is 9.47 Å². The second kappa shape index (κ2) is 15.2. The zero-order valence-corrected chi connectivity index (χ0v) is 34.0. The van der Waals surface area contributed by atoms with Crippen LogP contribution in [0.4, 0.5) is 4.39 Å². The number of rotatable bonds is 9. The molecular formula is C42H56FN3O8S. The van der Waals surface area contributed by atoms with Crippen molar-refractivity contribution < 1.29 is 41.5 Å². The molecule has 1 N–H and O–H groups in total. The van der Waals surface area contributed by atoms with Gasteiger partial charge in [-0.1, -0.05) is 53.2 Å². The van der Waals surface area contributed by atoms with Crippen LogP contribution in [-0.4, -0.2) is 72.2 Å². The van der Waals surface area contributed by atoms with E-state index in [0.29, 0.717) is 42.9 Å². The van der Waals surface area contributed by atoms with Gasteiger partial charge in [0.1, 0.15) is 11.9 Å². The first-order valence-electron chi connectivity index (χ1n) is 19.7. The standard InChI is InChI=1S/C42H56FN3O8S/c1-8-26-17-25(2)11-9-10-12-28-22-42(28,39(50)45-55(51,52)41(6)14-15-41)23-34(47)33-19-29(24-46(33)38(49)31(26)21-36(48)40(3,4)5)54-37-30-20-32(43)35(53-7)18-27(30)13-16-44-37/h10,12-13,16,18,20,25-26,28-29,31,33H,8-9,11,14-15,17,19,21-24H2,1-7H3,(H,45,50)/b12-10-/t25-,26-,28-,29-,31+,33+,42-/m1/s1. The lowest BCUT2D eigenvalue weighted by atomic mass is 9.75. The third-order valence-electron chi connectivity index (χ3n) is 12.7. The molecule has 0 spiro atoms. The number of hydrogen-bond donors (Lipinski definition) is 1. The molecule has 0 unspecified atom stereocenters. The Bertz CT molecular complexity index is 1990. The molecule has 300 valence electrons. The Labute approximate surface area is 324 Å². The number of carbonyl (C=O) groups is 4. The number of amides is 2. The minimum absolute atomic E-state index is 0.00734. The van der Waals surface area contributed by atoms with E-state index in [0.717, 1.165) is 12.8 Å². The number of carbonyl (C=O) groups excluding carboxylic acids is 4. The van der Waals surface area contributed by atoms with Gasteiger partial charge in [-0.3, -0.25) is 23.9 Å². The van der Waals surface area contributed by atoms with Crippen LogP contribution in [0.25, 0.3) is 10.8 Å². The predicted molar refractivity (Wildman–Crippen MR) is 206 cm³/mol. The molecule has 2 amide bonds. The van der Waals surface area contributed by atoms with Gasteiger partial charge in [0.25, 0.3) is 0 Å². The van der Waals surface area contributed by atoms with E-state index in [9.17, 15) is 27.2 Å². The average Bonchev–Trinajstić information content (AvgIpc) is 4.00. The van der Waals surface area contributed by atoms with Crippen molar-refractivity contribution in [1.82, 2.24) is 14.6 Å². The molecule has 2 saturated carbocycles. The number of benzene rings is 1. The van der Waals surface area contributed by atoms with Crippen LogP contribution in [0, 0.1) is 40.3 Å². The Balaban J connectivity index is 1.38. The van der Waals surface area contributed by atoms with Crippen molar-refractivity contribution in [3.63, 3.8) is 0 Å². The number of allylic oxidation sites excluding steroid dienone is 2. The quantitative estimate of drug-likeness (QED) is 0.274. The van der Waals surface area contributed by atoms with Crippen LogP contribution in [0.5, 0.6) is 11.6 Å². The normalized spacial score (nSPS) is 30.4. The highest BCUT2D eigenvalue weighted by molar-refractivity contribution is 7.91. The molecule has 2 aromatic rings. The molecule has 55 heavy (non-hydrogen) atoms. The third-order valence-corrected chi connectivity index (χ3v) is 14.8. The summed E-state index contributed by atoms with van der Waals surface area (Å²) >= 11 is 0. The first kappa shape index (κ1) is 40.8. The van der Waals surface area contributed by atoms with Gasteiger partial charge in [-0.25, -0.2) is 17.8 Å². The summed E-state index contributed by atoms with van der Waals surface area (Å²) in [7, 11) is -2.59. The van der Waals surface area contributed by atoms with E-state index in [-0.39, 0.29) is 72.7 Å². The van der Waals surface area contributed by atoms with E-state index in [2.05, 4.69) is 16.6 Å². The summed E-state index contributed by atoms with van der Waals surface area (Å²) in [6, 6.07) is 3.51. The van der Waals surface area contributed by atoms with Gasteiger partial charge in [-0.05, 0) is 86.8 Å². The molecule has 2 aliphatic carbocycles. The fourth-order valence-electron chi connectivity index (χ4n) is 8.40. The predicted octanol–water partition coefficient (Wildman–Crippen LogP) is 6.72. The maximum absolute atomic E-state index is 15.0. The van der Waals surface area contributed by atoms with Crippen molar-refractivity contribution in [2.75, 3.05) is 13.7 Å². The van der Waals surface area contributed by atoms with Crippen LogP contribution in [-0.2, 0) is 29.2 Å². The van der Waals surface area contributed by atoms with Gasteiger partial charge >= 0.3 is 0 Å². The lowest BCUT2D eigenvalue weighted by molar-refractivity contribution is -0.146. The topological polar surface area (TPSA) is 149 Å². The van der Waals surface area contributed by atoms with Crippen LogP contribution in [0.2, 0.25) is 0 Å². The fourth-order valence-corrected chi connectivity index (χ4v) is 9.74. The molecule has 3 heterocycles. The monoisotopic (exact) mass is 781 g/mol. The molecule has 4 aliphatic rings. The van der Waals surface area contributed by atoms with Crippen molar-refractivity contribution >= 4 is 44.2 Å². The van der Waals surface area contributed by atoms with Crippen LogP contribution >= 0.6 is 0 Å². The molecule has 1 aromatic heterocycles. The molecule has 7 atom stereocenters. The highest BCUT2D eigenvalue weighted by atomic mass is 32.2. The maximum Gasteiger partial charge on any atom is 0.240 e. The first-order chi connectivity index (χ1) is 25.8. The van der Waals surface area contributed by atoms with Gasteiger partial charge in [0.2, 0.25) is 27.7 Å². The van der Waals surface area contributed by atoms with Gasteiger partial charge in [-0.2, -0.15) is 0 Å². The van der Waals surface area contributed by atoms with E-state index >= 15 is 4.79 Å². The molecular weight excluding hydrogens is 726 g/mol. The van der Waals surface area contributed by atoms with Crippen LogP contribution in [0.15, 0.2) is 36.5 Å². The second-order valence-corrected chi connectivity index (χ2v) is 20.0. The Hall–Kier alpha value is -3.87. The summed E-state index contributed by atoms with van der Waals surface area (Å²) in [4.78, 5) is 63.2. The summed E-state index contributed by atoms with van der Waals surface area (Å²) in [5, 5.41) is 1.02. The number of nitrogens with zero attached hydrogens (tertiary/aromatic N) is 2. The van der Waals surface area contributed by atoms with Gasteiger partial charge < -0.3 is 14.4 Å². The Morgan fingerprint density at radius 3 is 2.53 bits per heavy atom. The van der Waals surface area contributed by atoms with Gasteiger partial charge in [-0.15, -0.1) is 0 Å². The molecule has 6 rings (SSSR count). The molecule has 13 heteroatoms. The van der Waals surface area contributed by atoms with Gasteiger partial charge in [0.15, 0.2) is 17.3 Å². The number of ketones is 2. The van der Waals surface area contributed by atoms with Crippen molar-refractivity contribution in [1.29, 1.82) is 0 Å². The van der Waals surface area contributed by atoms with Crippen molar-refractivity contribution in [2.45, 2.75) is 123 Å². The Morgan fingerprint density at radius 1 is 1.15 bits per heavy atom. The SMILES string of the molecule is CC[C@@H]1C[C@H](C)CC/C=C\[C@@H]2C[C@@]2(C(=O)NS(=O)(=O)C2(C)CC2)CC(=O)[C@@H]2C[C@@H](Oc3nccc4cc(OC)c(F)cc34)CN2C(=O)[C@H]1CC(=O)C(C)(C)C. The van der Waals surface area contributed by atoms with Crippen molar-refractivity contribution in [2.24, 2.45) is 34.5 Å². The number of pyridine rings is 1. The van der Waals surface area contributed by atoms with E-state index in [1.807, 2.05) is 39.8 Å². The lowest BCUT2D eigenvalue weighted by Crippen LogP contribution is -2.48. The van der Waals surface area contributed by atoms with Crippen molar-refractivity contribution in [3.8, 4) is 11.6 Å². The summed E-state index contributed by atoms with van der Waals surface area (Å²) in [6.45, 7) is 11.3. The number of methoxy groups -OCH3 is 1. The maximum atomic E-state index is 15.0. The summed E-state index contributed by atoms with van der Waals surface area (Å²) in [5.74, 6) is -2.78. The second-order valence-electron chi connectivity index (χ2n) is 17.8. The number of ether oxygens (including phenoxy) is 2. The molecule has 3 fully saturated rings. The zero-order chi connectivity index (χ0) is 40.1. The number of Topliss-reactive ketones (excluding diaryl/α,β-unsaturated/α-hetero) is 2. The summed E-state index contributed by atoms with van der Waals surface area (Å²) in [5.41, 5.74) is -1.97. The minimum atomic E-state index is -3.97. The average molecular weight is 782 g/mol. The number of fused-ring (bicyclic) bond motifs is 3. The number of halogens is 1. The van der Waals surface area contributed by atoms with E-state index in [1.54, 1.807) is 19.1 Å².